The molecule has 0 atom stereocenters. The van der Waals surface area contributed by atoms with Gasteiger partial charge in [-0.05, 0) is 11.6 Å². The van der Waals surface area contributed by atoms with E-state index in [1.54, 1.807) is 23.9 Å². The number of thioether (sulfide) groups is 1. The summed E-state index contributed by atoms with van der Waals surface area (Å²) in [6, 6.07) is 4.87. The van der Waals surface area contributed by atoms with Crippen LogP contribution in [0.2, 0.25) is 0 Å². The molecule has 0 saturated heterocycles. The second-order valence-corrected chi connectivity index (χ2v) is 4.65. The number of benzene rings is 1. The van der Waals surface area contributed by atoms with Crippen molar-refractivity contribution in [1.29, 1.82) is 0 Å². The van der Waals surface area contributed by atoms with E-state index in [4.69, 9.17) is 5.84 Å². The van der Waals surface area contributed by atoms with Crippen LogP contribution in [0.5, 0.6) is 0 Å². The molecule has 19 heavy (non-hydrogen) atoms. The molecule has 0 fully saturated rings. The number of nitrogens with zero attached hydrogens (tertiary/aromatic N) is 4. The van der Waals surface area contributed by atoms with Crippen molar-refractivity contribution in [1.82, 2.24) is 14.8 Å². The monoisotopic (exact) mass is 280 g/mol. The van der Waals surface area contributed by atoms with Crippen molar-refractivity contribution >= 4 is 23.1 Å². The van der Waals surface area contributed by atoms with Crippen molar-refractivity contribution in [2.24, 2.45) is 12.9 Å². The molecule has 0 aliphatic carbocycles. The average molecular weight is 280 g/mol. The number of nitro benzene ring substituents is 1. The largest absolute Gasteiger partial charge is 0.318 e. The van der Waals surface area contributed by atoms with Crippen LogP contribution in [-0.2, 0) is 12.8 Å². The molecule has 0 spiro atoms. The minimum absolute atomic E-state index is 0.0430. The van der Waals surface area contributed by atoms with Crippen LogP contribution in [0.25, 0.3) is 0 Å². The van der Waals surface area contributed by atoms with Gasteiger partial charge in [0.15, 0.2) is 5.16 Å². The number of anilines is 1. The van der Waals surface area contributed by atoms with E-state index >= 15 is 0 Å². The highest BCUT2D eigenvalue weighted by molar-refractivity contribution is 7.98. The standard InChI is InChI=1S/C10H12N6O2S/c1-15-10(12-6-13-15)19-5-7-2-3-8(14-11)9(4-7)16(17)18/h2-4,6,14H,5,11H2,1H3. The molecule has 1 heterocycles. The minimum Gasteiger partial charge on any atom is -0.318 e. The second kappa shape index (κ2) is 5.67. The van der Waals surface area contributed by atoms with Gasteiger partial charge in [0.2, 0.25) is 0 Å². The fourth-order valence-corrected chi connectivity index (χ4v) is 2.34. The molecule has 2 aromatic rings. The Bertz CT molecular complexity index is 599. The lowest BCUT2D eigenvalue weighted by Crippen LogP contribution is -2.09. The van der Waals surface area contributed by atoms with Crippen LogP contribution >= 0.6 is 11.8 Å². The minimum atomic E-state index is -0.467. The zero-order valence-corrected chi connectivity index (χ0v) is 10.9. The molecule has 3 N–H and O–H groups in total. The van der Waals surface area contributed by atoms with Crippen LogP contribution in [-0.4, -0.2) is 19.7 Å². The van der Waals surface area contributed by atoms with Crippen LogP contribution in [0.4, 0.5) is 11.4 Å². The third-order valence-electron chi connectivity index (χ3n) is 2.45. The molecule has 0 aliphatic heterocycles. The Morgan fingerprint density at radius 2 is 2.37 bits per heavy atom. The summed E-state index contributed by atoms with van der Waals surface area (Å²) in [7, 11) is 1.79. The van der Waals surface area contributed by atoms with Crippen molar-refractivity contribution in [3.8, 4) is 0 Å². The van der Waals surface area contributed by atoms with Crippen LogP contribution in [0.15, 0.2) is 29.7 Å². The number of aromatic nitrogens is 3. The number of rotatable bonds is 5. The Morgan fingerprint density at radius 1 is 1.58 bits per heavy atom. The Labute approximate surface area is 113 Å². The SMILES string of the molecule is Cn1ncnc1SCc1ccc(NN)c([N+](=O)[O-])c1. The molecule has 0 amide bonds. The highest BCUT2D eigenvalue weighted by atomic mass is 32.2. The molecule has 9 heteroatoms. The number of hydrogen-bond acceptors (Lipinski definition) is 7. The fourth-order valence-electron chi connectivity index (χ4n) is 1.50. The summed E-state index contributed by atoms with van der Waals surface area (Å²) in [4.78, 5) is 14.5. The van der Waals surface area contributed by atoms with Crippen molar-refractivity contribution in [2.45, 2.75) is 10.9 Å². The summed E-state index contributed by atoms with van der Waals surface area (Å²) >= 11 is 1.46. The number of nitrogens with one attached hydrogen (secondary N) is 1. The maximum absolute atomic E-state index is 10.9. The van der Waals surface area contributed by atoms with Crippen LogP contribution in [0.3, 0.4) is 0 Å². The van der Waals surface area contributed by atoms with E-state index in [1.165, 1.54) is 24.2 Å². The van der Waals surface area contributed by atoms with Gasteiger partial charge in [0.1, 0.15) is 12.0 Å². The van der Waals surface area contributed by atoms with Gasteiger partial charge in [0.05, 0.1) is 4.92 Å². The molecular formula is C10H12N6O2S. The predicted molar refractivity (Wildman–Crippen MR) is 71.5 cm³/mol. The van der Waals surface area contributed by atoms with E-state index in [0.29, 0.717) is 5.75 Å². The van der Waals surface area contributed by atoms with Crippen LogP contribution in [0, 0.1) is 10.1 Å². The van der Waals surface area contributed by atoms with Crippen molar-refractivity contribution in [3.05, 3.63) is 40.2 Å². The topological polar surface area (TPSA) is 112 Å². The number of aryl methyl sites for hydroxylation is 1. The highest BCUT2D eigenvalue weighted by Crippen LogP contribution is 2.27. The summed E-state index contributed by atoms with van der Waals surface area (Å²) in [5.41, 5.74) is 3.37. The lowest BCUT2D eigenvalue weighted by Gasteiger charge is -2.05. The van der Waals surface area contributed by atoms with Gasteiger partial charge in [-0.3, -0.25) is 16.0 Å². The normalized spacial score (nSPS) is 10.4. The molecule has 0 saturated carbocycles. The Balaban J connectivity index is 2.15. The molecule has 1 aromatic carbocycles. The molecule has 0 bridgehead atoms. The summed E-state index contributed by atoms with van der Waals surface area (Å²) in [6.07, 6.45) is 1.46. The molecule has 2 rings (SSSR count). The van der Waals surface area contributed by atoms with Gasteiger partial charge in [0.25, 0.3) is 5.69 Å². The molecule has 0 radical (unpaired) electrons. The number of hydrazine groups is 1. The van der Waals surface area contributed by atoms with E-state index in [2.05, 4.69) is 15.5 Å². The number of nitrogen functional groups attached to an aromatic ring is 1. The first-order valence-corrected chi connectivity index (χ1v) is 6.31. The van der Waals surface area contributed by atoms with Gasteiger partial charge in [0, 0.05) is 18.9 Å². The van der Waals surface area contributed by atoms with Crippen LogP contribution in [0.1, 0.15) is 5.56 Å². The van der Waals surface area contributed by atoms with Gasteiger partial charge in [-0.1, -0.05) is 17.8 Å². The van der Waals surface area contributed by atoms with Gasteiger partial charge in [-0.2, -0.15) is 5.10 Å². The molecule has 100 valence electrons. The van der Waals surface area contributed by atoms with Crippen molar-refractivity contribution < 1.29 is 4.92 Å². The fraction of sp³-hybridized carbons (Fsp3) is 0.200. The third kappa shape index (κ3) is 3.01. The van der Waals surface area contributed by atoms with E-state index < -0.39 is 4.92 Å². The summed E-state index contributed by atoms with van der Waals surface area (Å²) in [5, 5.41) is 15.6. The van der Waals surface area contributed by atoms with Crippen LogP contribution < -0.4 is 11.3 Å². The predicted octanol–water partition coefficient (Wildman–Crippen LogP) is 1.30. The molecule has 0 unspecified atom stereocenters. The lowest BCUT2D eigenvalue weighted by atomic mass is 10.2. The van der Waals surface area contributed by atoms with E-state index in [1.807, 2.05) is 0 Å². The summed E-state index contributed by atoms with van der Waals surface area (Å²) in [6.45, 7) is 0. The highest BCUT2D eigenvalue weighted by Gasteiger charge is 2.14. The zero-order valence-electron chi connectivity index (χ0n) is 10.1. The first-order valence-electron chi connectivity index (χ1n) is 5.32. The van der Waals surface area contributed by atoms with E-state index in [0.717, 1.165) is 10.7 Å². The van der Waals surface area contributed by atoms with E-state index in [-0.39, 0.29) is 11.4 Å². The lowest BCUT2D eigenvalue weighted by molar-refractivity contribution is -0.384. The van der Waals surface area contributed by atoms with Crippen molar-refractivity contribution in [2.75, 3.05) is 5.43 Å². The molecular weight excluding hydrogens is 268 g/mol. The van der Waals surface area contributed by atoms with Gasteiger partial charge < -0.3 is 5.43 Å². The Kier molecular flexibility index (Phi) is 3.97. The smallest absolute Gasteiger partial charge is 0.293 e. The Hall–Kier alpha value is -2.13. The van der Waals surface area contributed by atoms with Gasteiger partial charge >= 0.3 is 0 Å². The first kappa shape index (κ1) is 13.3. The molecule has 1 aromatic heterocycles. The van der Waals surface area contributed by atoms with E-state index in [9.17, 15) is 10.1 Å². The second-order valence-electron chi connectivity index (χ2n) is 3.71. The molecule has 8 nitrogen and oxygen atoms in total. The Morgan fingerprint density at radius 3 is 2.95 bits per heavy atom. The maximum atomic E-state index is 10.9. The van der Waals surface area contributed by atoms with Gasteiger partial charge in [-0.15, -0.1) is 0 Å². The number of hydrogen-bond donors (Lipinski definition) is 2. The molecule has 0 aliphatic rings. The van der Waals surface area contributed by atoms with Crippen molar-refractivity contribution in [3.63, 3.8) is 0 Å². The summed E-state index contributed by atoms with van der Waals surface area (Å²) < 4.78 is 1.65. The maximum Gasteiger partial charge on any atom is 0.293 e. The zero-order chi connectivity index (χ0) is 13.8. The van der Waals surface area contributed by atoms with Gasteiger partial charge in [-0.25, -0.2) is 9.67 Å². The average Bonchev–Trinajstić information content (AvgIpc) is 2.81. The number of nitro groups is 1. The third-order valence-corrected chi connectivity index (χ3v) is 3.56. The first-order chi connectivity index (χ1) is 9.11. The summed E-state index contributed by atoms with van der Waals surface area (Å²) in [5.74, 6) is 5.80. The quantitative estimate of drug-likeness (QED) is 0.367. The number of nitrogens with two attached hydrogens (primary N) is 1.